The lowest BCUT2D eigenvalue weighted by Crippen LogP contribution is -2.52. The van der Waals surface area contributed by atoms with Crippen LogP contribution >= 0.6 is 0 Å². The van der Waals surface area contributed by atoms with Gasteiger partial charge in [0, 0.05) is 31.4 Å². The molecule has 2 aromatic rings. The molecule has 1 aliphatic heterocycles. The maximum atomic E-state index is 14.8. The Bertz CT molecular complexity index is 1060. The Kier molecular flexibility index (Phi) is 5.65. The number of alkyl halides is 5. The van der Waals surface area contributed by atoms with Crippen molar-refractivity contribution < 1.29 is 26.7 Å². The Balaban J connectivity index is 2.11. The topological polar surface area (TPSA) is 60.2 Å². The van der Waals surface area contributed by atoms with Crippen LogP contribution in [0.15, 0.2) is 30.3 Å². The molecular formula is C21H19F5N4O. The van der Waals surface area contributed by atoms with Crippen LogP contribution in [0, 0.1) is 25.2 Å². The first-order chi connectivity index (χ1) is 14.4. The lowest BCUT2D eigenvalue weighted by molar-refractivity contribution is -0.137. The third-order valence-electron chi connectivity index (χ3n) is 5.17. The van der Waals surface area contributed by atoms with Gasteiger partial charge in [-0.25, -0.2) is 13.8 Å². The van der Waals surface area contributed by atoms with Gasteiger partial charge in [-0.1, -0.05) is 12.1 Å². The van der Waals surface area contributed by atoms with Crippen LogP contribution in [0.1, 0.15) is 28.8 Å². The van der Waals surface area contributed by atoms with Gasteiger partial charge in [-0.3, -0.25) is 4.79 Å². The predicted molar refractivity (Wildman–Crippen MR) is 104 cm³/mol. The number of halogens is 5. The van der Waals surface area contributed by atoms with Gasteiger partial charge in [-0.05, 0) is 37.6 Å². The smallest absolute Gasteiger partial charge is 0.338 e. The van der Waals surface area contributed by atoms with E-state index in [-0.39, 0.29) is 5.69 Å². The summed E-state index contributed by atoms with van der Waals surface area (Å²) >= 11 is 0. The molecule has 1 unspecified atom stereocenters. The Morgan fingerprint density at radius 3 is 2.55 bits per heavy atom. The number of benzene rings is 1. The number of amides is 1. The van der Waals surface area contributed by atoms with Crippen LogP contribution in [0.25, 0.3) is 0 Å². The SMILES string of the molecule is Cc1cccc(N(C)C(=O)C2N(c3nc(C)cc(C(F)(F)F)c3C#N)CCC2(F)F)c1. The second-order valence-electron chi connectivity index (χ2n) is 7.46. The summed E-state index contributed by atoms with van der Waals surface area (Å²) < 4.78 is 70.0. The van der Waals surface area contributed by atoms with Gasteiger partial charge in [-0.15, -0.1) is 0 Å². The average molecular weight is 438 g/mol. The number of aryl methyl sites for hydroxylation is 2. The molecule has 0 saturated carbocycles. The minimum atomic E-state index is -4.88. The van der Waals surface area contributed by atoms with Crippen molar-refractivity contribution in [3.8, 4) is 6.07 Å². The van der Waals surface area contributed by atoms with Crippen molar-refractivity contribution in [3.05, 3.63) is 52.7 Å². The summed E-state index contributed by atoms with van der Waals surface area (Å²) in [6, 6.07) is 6.65. The monoisotopic (exact) mass is 438 g/mol. The van der Waals surface area contributed by atoms with Gasteiger partial charge in [0.1, 0.15) is 17.5 Å². The molecule has 0 radical (unpaired) electrons. The lowest BCUT2D eigenvalue weighted by Gasteiger charge is -2.32. The summed E-state index contributed by atoms with van der Waals surface area (Å²) in [5.41, 5.74) is -1.09. The van der Waals surface area contributed by atoms with Gasteiger partial charge in [0.05, 0.1) is 5.56 Å². The number of carbonyl (C=O) groups is 1. The van der Waals surface area contributed by atoms with E-state index in [1.807, 2.05) is 0 Å². The Morgan fingerprint density at radius 2 is 1.97 bits per heavy atom. The summed E-state index contributed by atoms with van der Waals surface area (Å²) in [5, 5.41) is 9.39. The number of anilines is 2. The fourth-order valence-electron chi connectivity index (χ4n) is 3.65. The molecule has 164 valence electrons. The van der Waals surface area contributed by atoms with Gasteiger partial charge in [-0.2, -0.15) is 18.4 Å². The lowest BCUT2D eigenvalue weighted by atomic mass is 10.1. The van der Waals surface area contributed by atoms with Crippen molar-refractivity contribution in [2.75, 3.05) is 23.4 Å². The van der Waals surface area contributed by atoms with Crippen LogP contribution < -0.4 is 9.80 Å². The first-order valence-corrected chi connectivity index (χ1v) is 9.34. The summed E-state index contributed by atoms with van der Waals surface area (Å²) in [4.78, 5) is 18.9. The van der Waals surface area contributed by atoms with Crippen molar-refractivity contribution in [2.24, 2.45) is 0 Å². The number of nitrogens with zero attached hydrogens (tertiary/aromatic N) is 4. The van der Waals surface area contributed by atoms with Gasteiger partial charge < -0.3 is 9.80 Å². The molecule has 0 bridgehead atoms. The molecule has 1 fully saturated rings. The number of hydrogen-bond acceptors (Lipinski definition) is 4. The predicted octanol–water partition coefficient (Wildman–Crippen LogP) is 4.47. The Labute approximate surface area is 175 Å². The van der Waals surface area contributed by atoms with E-state index in [4.69, 9.17) is 0 Å². The highest BCUT2D eigenvalue weighted by Crippen LogP contribution is 2.42. The quantitative estimate of drug-likeness (QED) is 0.664. The largest absolute Gasteiger partial charge is 0.417 e. The second-order valence-corrected chi connectivity index (χ2v) is 7.46. The van der Waals surface area contributed by atoms with E-state index in [0.717, 1.165) is 15.4 Å². The number of aromatic nitrogens is 1. The van der Waals surface area contributed by atoms with Crippen molar-refractivity contribution >= 4 is 17.4 Å². The van der Waals surface area contributed by atoms with Crippen LogP contribution in [0.3, 0.4) is 0 Å². The third-order valence-corrected chi connectivity index (χ3v) is 5.17. The van der Waals surface area contributed by atoms with E-state index >= 15 is 0 Å². The molecule has 1 aliphatic rings. The van der Waals surface area contributed by atoms with Crippen molar-refractivity contribution in [3.63, 3.8) is 0 Å². The summed E-state index contributed by atoms with van der Waals surface area (Å²) in [5.74, 6) is -5.09. The zero-order valence-electron chi connectivity index (χ0n) is 17.0. The summed E-state index contributed by atoms with van der Waals surface area (Å²) in [6.07, 6.45) is -5.64. The van der Waals surface area contributed by atoms with E-state index in [1.165, 1.54) is 20.0 Å². The Morgan fingerprint density at radius 1 is 1.29 bits per heavy atom. The van der Waals surface area contributed by atoms with Crippen molar-refractivity contribution in [2.45, 2.75) is 38.4 Å². The zero-order valence-corrected chi connectivity index (χ0v) is 17.0. The highest BCUT2D eigenvalue weighted by Gasteiger charge is 2.55. The molecule has 1 aromatic heterocycles. The van der Waals surface area contributed by atoms with E-state index in [1.54, 1.807) is 31.2 Å². The second kappa shape index (κ2) is 7.80. The van der Waals surface area contributed by atoms with E-state index in [0.29, 0.717) is 11.8 Å². The molecule has 0 aliphatic carbocycles. The number of hydrogen-bond donors (Lipinski definition) is 0. The Hall–Kier alpha value is -3.22. The fraction of sp³-hybridized carbons (Fsp3) is 0.381. The average Bonchev–Trinajstić information content (AvgIpc) is 3.00. The minimum Gasteiger partial charge on any atom is -0.338 e. The third kappa shape index (κ3) is 4.17. The van der Waals surface area contributed by atoms with E-state index in [9.17, 15) is 32.0 Å². The molecule has 0 spiro atoms. The van der Waals surface area contributed by atoms with Crippen LogP contribution in [-0.2, 0) is 11.0 Å². The molecule has 1 aromatic carbocycles. The van der Waals surface area contributed by atoms with E-state index < -0.39 is 54.0 Å². The molecular weight excluding hydrogens is 419 g/mol. The first-order valence-electron chi connectivity index (χ1n) is 9.34. The van der Waals surface area contributed by atoms with Crippen molar-refractivity contribution in [1.29, 1.82) is 5.26 Å². The molecule has 5 nitrogen and oxygen atoms in total. The summed E-state index contributed by atoms with van der Waals surface area (Å²) in [6.45, 7) is 2.62. The highest BCUT2D eigenvalue weighted by atomic mass is 19.4. The van der Waals surface area contributed by atoms with E-state index in [2.05, 4.69) is 4.98 Å². The van der Waals surface area contributed by atoms with Gasteiger partial charge in [0.2, 0.25) is 0 Å². The number of likely N-dealkylation sites (N-methyl/N-ethyl adjacent to an activating group) is 1. The van der Waals surface area contributed by atoms with Gasteiger partial charge >= 0.3 is 6.18 Å². The molecule has 31 heavy (non-hydrogen) atoms. The molecule has 0 N–H and O–H groups in total. The fourth-order valence-corrected chi connectivity index (χ4v) is 3.65. The highest BCUT2D eigenvalue weighted by molar-refractivity contribution is 6.00. The molecule has 10 heteroatoms. The molecule has 2 heterocycles. The number of pyridine rings is 1. The first kappa shape index (κ1) is 22.5. The minimum absolute atomic E-state index is 0.102. The van der Waals surface area contributed by atoms with Crippen LogP contribution in [0.4, 0.5) is 33.5 Å². The maximum absolute atomic E-state index is 14.8. The number of carbonyl (C=O) groups excluding carboxylic acids is 1. The van der Waals surface area contributed by atoms with Crippen LogP contribution in [0.5, 0.6) is 0 Å². The molecule has 1 saturated heterocycles. The molecule has 3 rings (SSSR count). The standard InChI is InChI=1S/C21H19F5N4O/c1-12-5-4-6-14(9-12)29(3)19(31)17-20(22,23)7-8-30(17)18-15(11-27)16(21(24,25)26)10-13(2)28-18/h4-6,9-10,17H,7-8H2,1-3H3. The van der Waals surface area contributed by atoms with Crippen LogP contribution in [0.2, 0.25) is 0 Å². The summed E-state index contributed by atoms with van der Waals surface area (Å²) in [7, 11) is 1.32. The van der Waals surface area contributed by atoms with Gasteiger partial charge in [0.25, 0.3) is 11.8 Å². The number of rotatable bonds is 3. The maximum Gasteiger partial charge on any atom is 0.417 e. The van der Waals surface area contributed by atoms with Crippen molar-refractivity contribution in [1.82, 2.24) is 4.98 Å². The zero-order chi connectivity index (χ0) is 23.1. The van der Waals surface area contributed by atoms with Crippen LogP contribution in [-0.4, -0.2) is 36.4 Å². The van der Waals surface area contributed by atoms with Gasteiger partial charge in [0.15, 0.2) is 6.04 Å². The molecule has 1 atom stereocenters. The molecule has 1 amide bonds. The number of nitriles is 1. The normalized spacial score (nSPS) is 18.0.